The molecule has 310 valence electrons. The third-order valence-corrected chi connectivity index (χ3v) is 26.3. The Bertz CT molecular complexity index is 1210. The molecular weight excluding hydrogens is 727 g/mol. The predicted octanol–water partition coefficient (Wildman–Crippen LogP) is 14.5. The monoisotopic (exact) mass is 807 g/mol. The van der Waals surface area contributed by atoms with Crippen LogP contribution in [-0.4, -0.2) is 65.4 Å². The number of carbonyl (C=O) groups excluding carboxylic acids is 2. The van der Waals surface area contributed by atoms with Gasteiger partial charge in [-0.3, -0.25) is 0 Å². The van der Waals surface area contributed by atoms with Crippen LogP contribution in [0.5, 0.6) is 0 Å². The first-order chi connectivity index (χ1) is 26.0. The van der Waals surface area contributed by atoms with Gasteiger partial charge in [-0.15, -0.1) is 0 Å². The van der Waals surface area contributed by atoms with E-state index in [1.165, 1.54) is 0 Å². The topological polar surface area (TPSA) is 69.7 Å². The zero-order valence-electron chi connectivity index (χ0n) is 35.9. The Kier molecular flexibility index (Phi) is 21.8. The van der Waals surface area contributed by atoms with Crippen LogP contribution in [0.4, 0.5) is 0 Å². The van der Waals surface area contributed by atoms with E-state index in [4.69, 9.17) is 9.05 Å². The van der Waals surface area contributed by atoms with Gasteiger partial charge in [0.2, 0.25) is 0 Å². The summed E-state index contributed by atoms with van der Waals surface area (Å²) in [4.78, 5) is 29.3. The van der Waals surface area contributed by atoms with E-state index in [1.54, 1.807) is 48.5 Å². The zero-order chi connectivity index (χ0) is 40.0. The summed E-state index contributed by atoms with van der Waals surface area (Å²) in [6, 6.07) is 14.3. The zero-order valence-corrected chi connectivity index (χ0v) is 38.5. The van der Waals surface area contributed by atoms with Crippen molar-refractivity contribution in [3.05, 3.63) is 59.7 Å². The van der Waals surface area contributed by atoms with Crippen LogP contribution in [0.1, 0.15) is 179 Å². The molecular formula is C46H80O5P2S. The van der Waals surface area contributed by atoms with E-state index in [1.807, 2.05) is 0 Å². The Balaban J connectivity index is 2.37. The van der Waals surface area contributed by atoms with E-state index in [9.17, 15) is 13.8 Å². The van der Waals surface area contributed by atoms with Crippen molar-refractivity contribution in [1.82, 2.24) is 0 Å². The molecule has 0 amide bonds. The molecule has 0 fully saturated rings. The van der Waals surface area contributed by atoms with Crippen molar-refractivity contribution in [3.8, 4) is 0 Å². The first-order valence-electron chi connectivity index (χ1n) is 22.1. The van der Waals surface area contributed by atoms with Crippen LogP contribution < -0.4 is 0 Å². The van der Waals surface area contributed by atoms with E-state index < -0.39 is 24.5 Å². The molecule has 0 N–H and O–H groups in total. The summed E-state index contributed by atoms with van der Waals surface area (Å²) in [5, 5.41) is 0. The quantitative estimate of drug-likeness (QED) is 0.0736. The van der Waals surface area contributed by atoms with Crippen LogP contribution in [0.2, 0.25) is 0 Å². The maximum atomic E-state index is 14.0. The van der Waals surface area contributed by atoms with Crippen LogP contribution in [0, 0.1) is 0 Å². The molecule has 0 aliphatic rings. The summed E-state index contributed by atoms with van der Waals surface area (Å²) in [6.07, 6.45) is 25.7. The molecule has 0 aliphatic heterocycles. The fraction of sp³-hybridized carbons (Fsp3) is 0.696. The molecule has 0 bridgehead atoms. The van der Waals surface area contributed by atoms with E-state index >= 15 is 0 Å². The SMILES string of the molecule is CCCCP(CCCC)(CCCC)(CCCC)OC(=O)c1ccc(S(=O)c2ccc(C(=O)OP(CCCC)(CCCC)(CCCC)CCCC)cc2)cc1. The van der Waals surface area contributed by atoms with Crippen molar-refractivity contribution < 1.29 is 22.8 Å². The fourth-order valence-electron chi connectivity index (χ4n) is 8.31. The molecule has 2 aromatic rings. The molecule has 5 nitrogen and oxygen atoms in total. The molecule has 0 saturated carbocycles. The molecule has 8 heteroatoms. The van der Waals surface area contributed by atoms with Crippen LogP contribution in [0.25, 0.3) is 0 Å². The Morgan fingerprint density at radius 2 is 0.611 bits per heavy atom. The number of carbonyl (C=O) groups is 2. The Labute approximate surface area is 334 Å². The van der Waals surface area contributed by atoms with Gasteiger partial charge in [-0.1, -0.05) is 0 Å². The average molecular weight is 807 g/mol. The van der Waals surface area contributed by atoms with Gasteiger partial charge in [0.15, 0.2) is 0 Å². The van der Waals surface area contributed by atoms with Gasteiger partial charge in [-0.25, -0.2) is 0 Å². The van der Waals surface area contributed by atoms with Gasteiger partial charge < -0.3 is 0 Å². The van der Waals surface area contributed by atoms with Crippen molar-refractivity contribution in [1.29, 1.82) is 0 Å². The van der Waals surface area contributed by atoms with E-state index in [-0.39, 0.29) is 11.9 Å². The molecule has 54 heavy (non-hydrogen) atoms. The Hall–Kier alpha value is -1.61. The van der Waals surface area contributed by atoms with E-state index in [0.29, 0.717) is 20.9 Å². The van der Waals surface area contributed by atoms with Crippen molar-refractivity contribution >= 4 is 36.4 Å². The normalized spacial score (nSPS) is 14.1. The average Bonchev–Trinajstić information content (AvgIpc) is 3.20. The molecule has 0 radical (unpaired) electrons. The molecule has 0 atom stereocenters. The van der Waals surface area contributed by atoms with E-state index in [0.717, 1.165) is 152 Å². The maximum absolute atomic E-state index is 14.0. The Morgan fingerprint density at radius 3 is 0.796 bits per heavy atom. The molecule has 0 spiro atoms. The third-order valence-electron chi connectivity index (χ3n) is 11.9. The van der Waals surface area contributed by atoms with Gasteiger partial charge in [-0.05, 0) is 0 Å². The number of unbranched alkanes of at least 4 members (excludes halogenated alkanes) is 8. The number of rotatable bonds is 30. The molecule has 0 aliphatic carbocycles. The van der Waals surface area contributed by atoms with Crippen LogP contribution >= 0.6 is 13.7 Å². The van der Waals surface area contributed by atoms with Crippen molar-refractivity contribution in [3.63, 3.8) is 0 Å². The van der Waals surface area contributed by atoms with Gasteiger partial charge in [0.05, 0.1) is 0 Å². The fourth-order valence-corrected chi connectivity index (χ4v) is 22.8. The van der Waals surface area contributed by atoms with Gasteiger partial charge >= 0.3 is 336 Å². The van der Waals surface area contributed by atoms with E-state index in [2.05, 4.69) is 55.4 Å². The third kappa shape index (κ3) is 13.8. The van der Waals surface area contributed by atoms with Crippen LogP contribution in [0.15, 0.2) is 58.3 Å². The molecule has 2 aromatic carbocycles. The summed E-state index contributed by atoms with van der Waals surface area (Å²) in [5.74, 6) is -0.444. The summed E-state index contributed by atoms with van der Waals surface area (Å²) in [5.41, 5.74) is 1.06. The summed E-state index contributed by atoms with van der Waals surface area (Å²) in [7, 11) is -1.47. The summed E-state index contributed by atoms with van der Waals surface area (Å²) >= 11 is 0. The standard InChI is InChI=1S/C46H80O5P2S/c1-9-17-33-52(34-18-10-2,35-19-11-3,36-20-12-4)50-45(47)41-25-29-43(30-26-41)54(49)44-31-27-42(28-32-44)46(48)51-53(37-21-13-5,38-22-14-6,39-23-15-7)40-24-16-8/h25-32H,9-24,33-40H2,1-8H3. The number of hydrogen-bond donors (Lipinski definition) is 0. The minimum absolute atomic E-state index is 0.222. The first kappa shape index (κ1) is 48.5. The first-order valence-corrected chi connectivity index (χ1v) is 29.0. The van der Waals surface area contributed by atoms with Gasteiger partial charge in [-0.2, -0.15) is 0 Å². The van der Waals surface area contributed by atoms with Crippen LogP contribution in [0.3, 0.4) is 0 Å². The molecule has 0 heterocycles. The van der Waals surface area contributed by atoms with Crippen molar-refractivity contribution in [2.24, 2.45) is 0 Å². The van der Waals surface area contributed by atoms with Crippen molar-refractivity contribution in [2.75, 3.05) is 49.3 Å². The van der Waals surface area contributed by atoms with Gasteiger partial charge in [0, 0.05) is 0 Å². The second-order valence-corrected chi connectivity index (χ2v) is 29.3. The molecule has 2 rings (SSSR count). The Morgan fingerprint density at radius 1 is 0.407 bits per heavy atom. The summed E-state index contributed by atoms with van der Waals surface area (Å²) in [6.45, 7) is 12.3. The van der Waals surface area contributed by atoms with Gasteiger partial charge in [0.1, 0.15) is 0 Å². The number of benzene rings is 2. The number of hydrogen-bond acceptors (Lipinski definition) is 5. The molecule has 0 unspecified atom stereocenters. The van der Waals surface area contributed by atoms with Crippen molar-refractivity contribution in [2.45, 2.75) is 168 Å². The second-order valence-electron chi connectivity index (χ2n) is 16.4. The van der Waals surface area contributed by atoms with Crippen LogP contribution in [-0.2, 0) is 19.8 Å². The summed E-state index contributed by atoms with van der Waals surface area (Å²) < 4.78 is 27.7. The predicted molar refractivity (Wildman–Crippen MR) is 240 cm³/mol. The minimum atomic E-state index is -2.78. The second kappa shape index (κ2) is 24.2. The van der Waals surface area contributed by atoms with Gasteiger partial charge in [0.25, 0.3) is 0 Å². The molecule has 0 saturated heterocycles. The molecule has 0 aromatic heterocycles.